The number of carbonyl (C=O) groups excluding carboxylic acids is 1. The summed E-state index contributed by atoms with van der Waals surface area (Å²) in [7, 11) is -3.94. The molecule has 0 bridgehead atoms. The first kappa shape index (κ1) is 21.2. The Hall–Kier alpha value is -3.01. The molecule has 0 spiro atoms. The zero-order chi connectivity index (χ0) is 22.2. The Morgan fingerprint density at radius 1 is 0.903 bits per heavy atom. The number of carbonyl (C=O) groups is 1. The Labute approximate surface area is 185 Å². The molecule has 1 heterocycles. The standard InChI is InChI=1S/C21H13ClF2N2O3S2/c22-19-17-9-4-13(24)11-18(17)30-20(19)21(27)25-14-5-7-16(8-6-14)31(28,29)26-15-3-1-2-12(23)10-15/h1-11,26H,(H,25,27). The molecule has 0 saturated carbocycles. The first-order valence-electron chi connectivity index (χ1n) is 8.80. The van der Waals surface area contributed by atoms with Crippen LogP contribution >= 0.6 is 22.9 Å². The third kappa shape index (κ3) is 4.53. The van der Waals surface area contributed by atoms with Gasteiger partial charge in [0.2, 0.25) is 0 Å². The van der Waals surface area contributed by atoms with Gasteiger partial charge in [0, 0.05) is 15.8 Å². The minimum Gasteiger partial charge on any atom is -0.321 e. The maximum atomic E-state index is 13.4. The predicted octanol–water partition coefficient (Wildman–Crippen LogP) is 5.89. The van der Waals surface area contributed by atoms with E-state index in [1.165, 1.54) is 60.7 Å². The zero-order valence-electron chi connectivity index (χ0n) is 15.5. The zero-order valence-corrected chi connectivity index (χ0v) is 17.9. The van der Waals surface area contributed by atoms with Crippen molar-refractivity contribution in [1.29, 1.82) is 0 Å². The van der Waals surface area contributed by atoms with Crippen LogP contribution in [-0.4, -0.2) is 14.3 Å². The van der Waals surface area contributed by atoms with Crippen molar-refractivity contribution in [3.05, 3.63) is 88.3 Å². The van der Waals surface area contributed by atoms with Gasteiger partial charge in [-0.15, -0.1) is 11.3 Å². The summed E-state index contributed by atoms with van der Waals surface area (Å²) in [5.41, 5.74) is 0.433. The molecule has 10 heteroatoms. The van der Waals surface area contributed by atoms with Crippen LogP contribution in [0.25, 0.3) is 10.1 Å². The van der Waals surface area contributed by atoms with Crippen LogP contribution in [0.4, 0.5) is 20.2 Å². The number of nitrogens with one attached hydrogen (secondary N) is 2. The second-order valence-electron chi connectivity index (χ2n) is 6.48. The van der Waals surface area contributed by atoms with Gasteiger partial charge in [-0.25, -0.2) is 17.2 Å². The van der Waals surface area contributed by atoms with E-state index in [-0.39, 0.29) is 20.5 Å². The van der Waals surface area contributed by atoms with Crippen LogP contribution in [0, 0.1) is 11.6 Å². The van der Waals surface area contributed by atoms with Crippen LogP contribution < -0.4 is 10.0 Å². The van der Waals surface area contributed by atoms with Gasteiger partial charge in [0.15, 0.2) is 0 Å². The molecule has 2 N–H and O–H groups in total. The van der Waals surface area contributed by atoms with Gasteiger partial charge in [-0.1, -0.05) is 17.7 Å². The molecular weight excluding hydrogens is 466 g/mol. The Bertz CT molecular complexity index is 1400. The smallest absolute Gasteiger partial charge is 0.267 e. The molecule has 0 saturated heterocycles. The molecule has 1 aromatic heterocycles. The van der Waals surface area contributed by atoms with E-state index in [1.54, 1.807) is 0 Å². The molecule has 5 nitrogen and oxygen atoms in total. The highest BCUT2D eigenvalue weighted by atomic mass is 35.5. The normalized spacial score (nSPS) is 11.5. The van der Waals surface area contributed by atoms with Crippen molar-refractivity contribution in [2.45, 2.75) is 4.90 Å². The molecule has 0 aliphatic heterocycles. The van der Waals surface area contributed by atoms with Crippen LogP contribution in [0.15, 0.2) is 71.6 Å². The molecule has 4 aromatic rings. The molecule has 0 fully saturated rings. The van der Waals surface area contributed by atoms with E-state index >= 15 is 0 Å². The van der Waals surface area contributed by atoms with E-state index in [4.69, 9.17) is 11.6 Å². The molecule has 0 radical (unpaired) electrons. The van der Waals surface area contributed by atoms with Gasteiger partial charge in [0.1, 0.15) is 16.5 Å². The van der Waals surface area contributed by atoms with Crippen molar-refractivity contribution in [3.8, 4) is 0 Å². The van der Waals surface area contributed by atoms with Crippen molar-refractivity contribution >= 4 is 60.3 Å². The maximum Gasteiger partial charge on any atom is 0.267 e. The highest BCUT2D eigenvalue weighted by Gasteiger charge is 2.19. The van der Waals surface area contributed by atoms with Crippen molar-refractivity contribution in [3.63, 3.8) is 0 Å². The van der Waals surface area contributed by atoms with Crippen molar-refractivity contribution in [2.24, 2.45) is 0 Å². The van der Waals surface area contributed by atoms with E-state index in [0.717, 1.165) is 17.4 Å². The number of thiophene rings is 1. The SMILES string of the molecule is O=C(Nc1ccc(S(=O)(=O)Nc2cccc(F)c2)cc1)c1sc2cc(F)ccc2c1Cl. The van der Waals surface area contributed by atoms with Crippen LogP contribution in [0.1, 0.15) is 9.67 Å². The summed E-state index contributed by atoms with van der Waals surface area (Å²) in [4.78, 5) is 12.7. The topological polar surface area (TPSA) is 75.3 Å². The number of fused-ring (bicyclic) bond motifs is 1. The second-order valence-corrected chi connectivity index (χ2v) is 9.59. The average molecular weight is 479 g/mol. The van der Waals surface area contributed by atoms with Crippen LogP contribution in [-0.2, 0) is 10.0 Å². The fraction of sp³-hybridized carbons (Fsp3) is 0. The van der Waals surface area contributed by atoms with Crippen LogP contribution in [0.3, 0.4) is 0 Å². The minimum absolute atomic E-state index is 0.0647. The van der Waals surface area contributed by atoms with Gasteiger partial charge in [0.25, 0.3) is 15.9 Å². The molecular formula is C21H13ClF2N2O3S2. The van der Waals surface area contributed by atoms with E-state index < -0.39 is 27.6 Å². The first-order chi connectivity index (χ1) is 14.7. The van der Waals surface area contributed by atoms with E-state index in [9.17, 15) is 22.0 Å². The number of hydrogen-bond acceptors (Lipinski definition) is 4. The average Bonchev–Trinajstić information content (AvgIpc) is 3.04. The number of hydrogen-bond donors (Lipinski definition) is 2. The lowest BCUT2D eigenvalue weighted by molar-refractivity contribution is 0.103. The van der Waals surface area contributed by atoms with Gasteiger partial charge >= 0.3 is 0 Å². The first-order valence-corrected chi connectivity index (χ1v) is 11.5. The minimum atomic E-state index is -3.94. The number of halogens is 3. The Morgan fingerprint density at radius 2 is 1.61 bits per heavy atom. The molecule has 3 aromatic carbocycles. The second kappa shape index (κ2) is 8.26. The molecule has 0 atom stereocenters. The fourth-order valence-corrected chi connectivity index (χ4v) is 5.34. The number of rotatable bonds is 5. The number of anilines is 2. The maximum absolute atomic E-state index is 13.4. The molecule has 31 heavy (non-hydrogen) atoms. The predicted molar refractivity (Wildman–Crippen MR) is 118 cm³/mol. The van der Waals surface area contributed by atoms with Crippen molar-refractivity contribution in [2.75, 3.05) is 10.0 Å². The third-order valence-corrected chi connectivity index (χ3v) is 7.35. The third-order valence-electron chi connectivity index (χ3n) is 4.30. The van der Waals surface area contributed by atoms with Crippen LogP contribution in [0.5, 0.6) is 0 Å². The molecule has 1 amide bonds. The highest BCUT2D eigenvalue weighted by Crippen LogP contribution is 2.36. The van der Waals surface area contributed by atoms with Gasteiger partial charge in [-0.05, 0) is 60.7 Å². The van der Waals surface area contributed by atoms with Gasteiger partial charge in [0.05, 0.1) is 15.6 Å². The number of sulfonamides is 1. The largest absolute Gasteiger partial charge is 0.321 e. The lowest BCUT2D eigenvalue weighted by Crippen LogP contribution is -2.14. The molecule has 0 aliphatic carbocycles. The number of amides is 1. The summed E-state index contributed by atoms with van der Waals surface area (Å²) in [6.07, 6.45) is 0. The lowest BCUT2D eigenvalue weighted by Gasteiger charge is -2.09. The van der Waals surface area contributed by atoms with Gasteiger partial charge in [-0.2, -0.15) is 0 Å². The quantitative estimate of drug-likeness (QED) is 0.376. The Morgan fingerprint density at radius 3 is 2.32 bits per heavy atom. The summed E-state index contributed by atoms with van der Waals surface area (Å²) in [6.45, 7) is 0. The van der Waals surface area contributed by atoms with Crippen molar-refractivity contribution < 1.29 is 22.0 Å². The Kier molecular flexibility index (Phi) is 5.65. The Balaban J connectivity index is 1.52. The molecule has 0 aliphatic rings. The summed E-state index contributed by atoms with van der Waals surface area (Å²) in [5, 5.41) is 3.43. The fourth-order valence-electron chi connectivity index (χ4n) is 2.86. The number of benzene rings is 3. The summed E-state index contributed by atoms with van der Waals surface area (Å²) in [6, 6.07) is 14.6. The highest BCUT2D eigenvalue weighted by molar-refractivity contribution is 7.92. The van der Waals surface area contributed by atoms with E-state index in [0.29, 0.717) is 15.8 Å². The lowest BCUT2D eigenvalue weighted by atomic mass is 10.2. The summed E-state index contributed by atoms with van der Waals surface area (Å²) >= 11 is 7.31. The van der Waals surface area contributed by atoms with E-state index in [1.807, 2.05) is 0 Å². The van der Waals surface area contributed by atoms with E-state index in [2.05, 4.69) is 10.0 Å². The molecule has 0 unspecified atom stereocenters. The monoisotopic (exact) mass is 478 g/mol. The van der Waals surface area contributed by atoms with Gasteiger partial charge in [-0.3, -0.25) is 9.52 Å². The molecule has 158 valence electrons. The summed E-state index contributed by atoms with van der Waals surface area (Å²) < 4.78 is 54.5. The van der Waals surface area contributed by atoms with Crippen LogP contribution in [0.2, 0.25) is 5.02 Å². The molecule has 4 rings (SSSR count). The summed E-state index contributed by atoms with van der Waals surface area (Å²) in [5.74, 6) is -1.50. The van der Waals surface area contributed by atoms with Crippen molar-refractivity contribution in [1.82, 2.24) is 0 Å². The van der Waals surface area contributed by atoms with Gasteiger partial charge < -0.3 is 5.32 Å².